The van der Waals surface area contributed by atoms with Crippen molar-refractivity contribution < 1.29 is 9.53 Å². The molecule has 2 heterocycles. The number of halogens is 1. The Morgan fingerprint density at radius 2 is 1.90 bits per heavy atom. The van der Waals surface area contributed by atoms with Gasteiger partial charge >= 0.3 is 0 Å². The summed E-state index contributed by atoms with van der Waals surface area (Å²) in [6, 6.07) is 16.6. The van der Waals surface area contributed by atoms with Crippen LogP contribution in [0.3, 0.4) is 0 Å². The summed E-state index contributed by atoms with van der Waals surface area (Å²) in [5, 5.41) is 0.604. The Morgan fingerprint density at radius 3 is 2.65 bits per heavy atom. The Bertz CT molecular complexity index is 871. The number of thioether (sulfide) groups is 1. The van der Waals surface area contributed by atoms with Crippen LogP contribution in [-0.2, 0) is 13.0 Å². The van der Waals surface area contributed by atoms with E-state index in [1.165, 1.54) is 40.2 Å². The molecule has 0 saturated carbocycles. The summed E-state index contributed by atoms with van der Waals surface area (Å²) in [6.07, 6.45) is 3.52. The lowest BCUT2D eigenvalue weighted by Gasteiger charge is -2.33. The van der Waals surface area contributed by atoms with E-state index >= 15 is 0 Å². The summed E-state index contributed by atoms with van der Waals surface area (Å²) in [5.41, 5.74) is 2.55. The van der Waals surface area contributed by atoms with Gasteiger partial charge in [-0.15, -0.1) is 0 Å². The largest absolute Gasteiger partial charge is 0.494 e. The third kappa shape index (κ3) is 6.27. The number of rotatable bonds is 8. The normalized spacial score (nSPS) is 20.4. The maximum atomic E-state index is 12.4. The predicted octanol–water partition coefficient (Wildman–Crippen LogP) is 5.84. The zero-order valence-electron chi connectivity index (χ0n) is 18.1. The van der Waals surface area contributed by atoms with Crippen LogP contribution in [0.15, 0.2) is 53.0 Å². The molecule has 1 unspecified atom stereocenters. The molecule has 0 bridgehead atoms. The van der Waals surface area contributed by atoms with Gasteiger partial charge in [-0.2, -0.15) is 0 Å². The summed E-state index contributed by atoms with van der Waals surface area (Å²) in [5.74, 6) is 1.66. The van der Waals surface area contributed by atoms with Gasteiger partial charge in [-0.3, -0.25) is 4.79 Å². The second-order valence-corrected chi connectivity index (χ2v) is 10.6. The number of piperidine rings is 1. The smallest absolute Gasteiger partial charge is 0.282 e. The molecule has 4 nitrogen and oxygen atoms in total. The molecule has 166 valence electrons. The number of nitrogens with zero attached hydrogens (tertiary/aromatic N) is 2. The first-order valence-electron chi connectivity index (χ1n) is 11.2. The summed E-state index contributed by atoms with van der Waals surface area (Å²) >= 11 is 5.23. The van der Waals surface area contributed by atoms with Gasteiger partial charge in [0.15, 0.2) is 0 Å². The van der Waals surface area contributed by atoms with Crippen LogP contribution in [0.2, 0.25) is 0 Å². The van der Waals surface area contributed by atoms with Crippen molar-refractivity contribution in [3.63, 3.8) is 0 Å². The molecule has 0 radical (unpaired) electrons. The van der Waals surface area contributed by atoms with Gasteiger partial charge < -0.3 is 14.5 Å². The molecule has 2 aromatic carbocycles. The first-order chi connectivity index (χ1) is 15.1. The van der Waals surface area contributed by atoms with Crippen LogP contribution in [0.4, 0.5) is 4.79 Å². The molecular formula is C25H31BrN2O2S. The van der Waals surface area contributed by atoms with E-state index in [4.69, 9.17) is 4.74 Å². The fourth-order valence-corrected chi connectivity index (χ4v) is 6.06. The van der Waals surface area contributed by atoms with E-state index in [2.05, 4.69) is 45.1 Å². The van der Waals surface area contributed by atoms with E-state index in [1.807, 2.05) is 36.1 Å². The monoisotopic (exact) mass is 502 g/mol. The number of benzene rings is 2. The van der Waals surface area contributed by atoms with E-state index < -0.39 is 0 Å². The number of amides is 1. The van der Waals surface area contributed by atoms with Gasteiger partial charge in [0.25, 0.3) is 5.24 Å². The second kappa shape index (κ2) is 10.9. The van der Waals surface area contributed by atoms with Gasteiger partial charge in [0.2, 0.25) is 0 Å². The Morgan fingerprint density at radius 1 is 1.13 bits per heavy atom. The van der Waals surface area contributed by atoms with Crippen LogP contribution >= 0.6 is 27.7 Å². The highest BCUT2D eigenvalue weighted by atomic mass is 79.9. The molecule has 0 spiro atoms. The Labute approximate surface area is 198 Å². The van der Waals surface area contributed by atoms with Crippen molar-refractivity contribution in [1.82, 2.24) is 9.80 Å². The lowest BCUT2D eigenvalue weighted by Crippen LogP contribution is -2.39. The van der Waals surface area contributed by atoms with Crippen molar-refractivity contribution in [2.24, 2.45) is 5.92 Å². The summed E-state index contributed by atoms with van der Waals surface area (Å²) in [4.78, 5) is 17.0. The van der Waals surface area contributed by atoms with E-state index in [0.29, 0.717) is 17.8 Å². The Hall–Kier alpha value is -1.50. The van der Waals surface area contributed by atoms with Crippen LogP contribution in [-0.4, -0.2) is 53.1 Å². The van der Waals surface area contributed by atoms with Gasteiger partial charge in [0.05, 0.1) is 6.61 Å². The van der Waals surface area contributed by atoms with Crippen molar-refractivity contribution in [3.8, 4) is 5.75 Å². The number of hydrogen-bond acceptors (Lipinski definition) is 4. The molecule has 0 aliphatic carbocycles. The molecule has 2 aliphatic rings. The van der Waals surface area contributed by atoms with Gasteiger partial charge in [0.1, 0.15) is 5.75 Å². The maximum absolute atomic E-state index is 12.4. The number of hydrogen-bond donors (Lipinski definition) is 0. The summed E-state index contributed by atoms with van der Waals surface area (Å²) in [6.45, 7) is 7.56. The van der Waals surface area contributed by atoms with Crippen molar-refractivity contribution in [1.29, 1.82) is 0 Å². The molecule has 2 aliphatic heterocycles. The van der Waals surface area contributed by atoms with Gasteiger partial charge in [0, 0.05) is 29.4 Å². The molecular weight excluding hydrogens is 472 g/mol. The number of likely N-dealkylation sites (tertiary alicyclic amines) is 1. The molecule has 1 atom stereocenters. The summed E-state index contributed by atoms with van der Waals surface area (Å²) in [7, 11) is 0. The molecule has 4 rings (SSSR count). The molecule has 31 heavy (non-hydrogen) atoms. The Balaban J connectivity index is 1.23. The SMILES string of the molecule is CCOc1ccc(Br)c(CC2CCN(CC3CN(Cc4ccccc4)C(=O)S3)CC2)c1. The first kappa shape index (κ1) is 22.7. The number of ether oxygens (including phenoxy) is 1. The van der Waals surface area contributed by atoms with Crippen LogP contribution < -0.4 is 4.74 Å². The molecule has 6 heteroatoms. The molecule has 2 saturated heterocycles. The van der Waals surface area contributed by atoms with Crippen LogP contribution in [0.1, 0.15) is 30.9 Å². The molecule has 0 N–H and O–H groups in total. The third-order valence-corrected chi connectivity index (χ3v) is 8.04. The fraction of sp³-hybridized carbons (Fsp3) is 0.480. The highest BCUT2D eigenvalue weighted by Crippen LogP contribution is 2.31. The molecule has 2 aromatic rings. The minimum absolute atomic E-state index is 0.225. The Kier molecular flexibility index (Phi) is 7.96. The average Bonchev–Trinajstić information content (AvgIpc) is 3.11. The molecule has 2 fully saturated rings. The molecule has 0 aromatic heterocycles. The van der Waals surface area contributed by atoms with E-state index in [1.54, 1.807) is 0 Å². The van der Waals surface area contributed by atoms with Crippen molar-refractivity contribution >= 4 is 32.9 Å². The van der Waals surface area contributed by atoms with Crippen molar-refractivity contribution in [2.45, 2.75) is 38.0 Å². The number of carbonyl (C=O) groups is 1. The number of carbonyl (C=O) groups excluding carboxylic acids is 1. The maximum Gasteiger partial charge on any atom is 0.282 e. The van der Waals surface area contributed by atoms with Crippen molar-refractivity contribution in [2.75, 3.05) is 32.8 Å². The standard InChI is InChI=1S/C25H31BrN2O2S/c1-2-30-22-8-9-24(26)21(15-22)14-19-10-12-27(13-11-19)17-23-18-28(25(29)31-23)16-20-6-4-3-5-7-20/h3-9,15,19,23H,2,10-14,16-18H2,1H3. The molecule has 1 amide bonds. The van der Waals surface area contributed by atoms with E-state index in [-0.39, 0.29) is 5.24 Å². The van der Waals surface area contributed by atoms with Crippen LogP contribution in [0.5, 0.6) is 5.75 Å². The highest BCUT2D eigenvalue weighted by molar-refractivity contribution is 9.10. The second-order valence-electron chi connectivity index (χ2n) is 8.51. The average molecular weight is 504 g/mol. The lowest BCUT2D eigenvalue weighted by molar-refractivity contribution is 0.179. The zero-order chi connectivity index (χ0) is 21.6. The van der Waals surface area contributed by atoms with Gasteiger partial charge in [-0.05, 0) is 74.5 Å². The highest BCUT2D eigenvalue weighted by Gasteiger charge is 2.32. The predicted molar refractivity (Wildman–Crippen MR) is 132 cm³/mol. The lowest BCUT2D eigenvalue weighted by atomic mass is 9.90. The first-order valence-corrected chi connectivity index (χ1v) is 12.9. The topological polar surface area (TPSA) is 32.8 Å². The van der Waals surface area contributed by atoms with E-state index in [0.717, 1.165) is 44.9 Å². The summed E-state index contributed by atoms with van der Waals surface area (Å²) < 4.78 is 6.85. The van der Waals surface area contributed by atoms with Crippen molar-refractivity contribution in [3.05, 3.63) is 64.1 Å². The fourth-order valence-electron chi connectivity index (χ4n) is 4.54. The minimum atomic E-state index is 0.225. The van der Waals surface area contributed by atoms with Crippen LogP contribution in [0.25, 0.3) is 0 Å². The van der Waals surface area contributed by atoms with Gasteiger partial charge in [-0.1, -0.05) is 58.0 Å². The third-order valence-electron chi connectivity index (χ3n) is 6.17. The van der Waals surface area contributed by atoms with E-state index in [9.17, 15) is 4.79 Å². The zero-order valence-corrected chi connectivity index (χ0v) is 20.5. The minimum Gasteiger partial charge on any atom is -0.494 e. The quantitative estimate of drug-likeness (QED) is 0.453. The van der Waals surface area contributed by atoms with Crippen LogP contribution in [0, 0.1) is 5.92 Å². The van der Waals surface area contributed by atoms with Gasteiger partial charge in [-0.25, -0.2) is 0 Å².